The molecule has 0 radical (unpaired) electrons. The van der Waals surface area contributed by atoms with Crippen molar-refractivity contribution < 1.29 is 0 Å². The maximum atomic E-state index is 2.43. The van der Waals surface area contributed by atoms with E-state index in [2.05, 4.69) is 20.8 Å². The van der Waals surface area contributed by atoms with E-state index in [9.17, 15) is 0 Å². The molecule has 2 atom stereocenters. The molecule has 0 bridgehead atoms. The molecule has 0 aromatic rings. The highest BCUT2D eigenvalue weighted by atomic mass is 14.4. The minimum absolute atomic E-state index is 0.970. The van der Waals surface area contributed by atoms with Gasteiger partial charge in [-0.3, -0.25) is 0 Å². The van der Waals surface area contributed by atoms with Gasteiger partial charge in [0.25, 0.3) is 0 Å². The van der Waals surface area contributed by atoms with Crippen LogP contribution in [0.25, 0.3) is 0 Å². The van der Waals surface area contributed by atoms with E-state index in [-0.39, 0.29) is 0 Å². The van der Waals surface area contributed by atoms with Crippen LogP contribution < -0.4 is 0 Å². The van der Waals surface area contributed by atoms with Crippen LogP contribution >= 0.6 is 0 Å². The van der Waals surface area contributed by atoms with Crippen LogP contribution in [-0.2, 0) is 0 Å². The zero-order chi connectivity index (χ0) is 7.56. The smallest absolute Gasteiger partial charge is 0.0386 e. The van der Waals surface area contributed by atoms with E-state index in [0.29, 0.717) is 0 Å². The van der Waals surface area contributed by atoms with Gasteiger partial charge in [0.05, 0.1) is 0 Å². The molecule has 0 N–H and O–H groups in total. The summed E-state index contributed by atoms with van der Waals surface area (Å²) in [7, 11) is 0. The van der Waals surface area contributed by atoms with Crippen LogP contribution in [0.15, 0.2) is 0 Å². The van der Waals surface area contributed by atoms with Gasteiger partial charge in [0.1, 0.15) is 0 Å². The van der Waals surface area contributed by atoms with Crippen molar-refractivity contribution in [3.63, 3.8) is 0 Å². The zero-order valence-corrected chi connectivity index (χ0v) is 7.56. The standard InChI is InChI=1S/C10H20/c1-4-5-8(2)9(3)10-6-7-10/h8-10H,4-7H2,1-3H3. The second-order valence-electron chi connectivity index (χ2n) is 3.96. The monoisotopic (exact) mass is 140 g/mol. The van der Waals surface area contributed by atoms with Crippen LogP contribution in [0.1, 0.15) is 46.5 Å². The summed E-state index contributed by atoms with van der Waals surface area (Å²) in [6, 6.07) is 0. The first-order valence-corrected chi connectivity index (χ1v) is 4.75. The van der Waals surface area contributed by atoms with E-state index in [1.807, 2.05) is 0 Å². The highest BCUT2D eigenvalue weighted by molar-refractivity contribution is 4.81. The summed E-state index contributed by atoms with van der Waals surface area (Å²) in [4.78, 5) is 0. The van der Waals surface area contributed by atoms with E-state index in [1.54, 1.807) is 0 Å². The van der Waals surface area contributed by atoms with Gasteiger partial charge in [-0.05, 0) is 30.6 Å². The molecule has 0 spiro atoms. The van der Waals surface area contributed by atoms with Gasteiger partial charge in [-0.15, -0.1) is 0 Å². The van der Waals surface area contributed by atoms with Gasteiger partial charge in [-0.25, -0.2) is 0 Å². The van der Waals surface area contributed by atoms with E-state index in [0.717, 1.165) is 17.8 Å². The van der Waals surface area contributed by atoms with Gasteiger partial charge in [0.15, 0.2) is 0 Å². The normalized spacial score (nSPS) is 24.3. The molecule has 0 saturated heterocycles. The second kappa shape index (κ2) is 3.41. The van der Waals surface area contributed by atoms with Gasteiger partial charge < -0.3 is 0 Å². The number of rotatable bonds is 4. The highest BCUT2D eigenvalue weighted by Crippen LogP contribution is 2.41. The molecule has 0 heterocycles. The molecule has 0 nitrogen and oxygen atoms in total. The molecular weight excluding hydrogens is 120 g/mol. The predicted molar refractivity (Wildman–Crippen MR) is 46.0 cm³/mol. The molecule has 1 saturated carbocycles. The molecule has 0 amide bonds. The third kappa shape index (κ3) is 2.00. The first kappa shape index (κ1) is 8.10. The minimum atomic E-state index is 0.970. The van der Waals surface area contributed by atoms with Crippen molar-refractivity contribution in [1.82, 2.24) is 0 Å². The fourth-order valence-corrected chi connectivity index (χ4v) is 1.80. The van der Waals surface area contributed by atoms with Gasteiger partial charge in [0.2, 0.25) is 0 Å². The van der Waals surface area contributed by atoms with Crippen molar-refractivity contribution in [2.75, 3.05) is 0 Å². The third-order valence-corrected chi connectivity index (χ3v) is 3.01. The third-order valence-electron chi connectivity index (χ3n) is 3.01. The highest BCUT2D eigenvalue weighted by Gasteiger charge is 2.30. The van der Waals surface area contributed by atoms with Crippen molar-refractivity contribution in [2.24, 2.45) is 17.8 Å². The number of hydrogen-bond acceptors (Lipinski definition) is 0. The van der Waals surface area contributed by atoms with E-state index >= 15 is 0 Å². The lowest BCUT2D eigenvalue weighted by Gasteiger charge is -2.18. The Bertz CT molecular complexity index is 92.2. The Morgan fingerprint density at radius 2 is 1.90 bits per heavy atom. The molecule has 0 heteroatoms. The Balaban J connectivity index is 2.17. The van der Waals surface area contributed by atoms with Crippen LogP contribution in [0, 0.1) is 17.8 Å². The average molecular weight is 140 g/mol. The van der Waals surface area contributed by atoms with Crippen LogP contribution in [-0.4, -0.2) is 0 Å². The van der Waals surface area contributed by atoms with Crippen LogP contribution in [0.5, 0.6) is 0 Å². The Hall–Kier alpha value is 0. The lowest BCUT2D eigenvalue weighted by Crippen LogP contribution is -2.09. The van der Waals surface area contributed by atoms with Crippen LogP contribution in [0.4, 0.5) is 0 Å². The number of hydrogen-bond donors (Lipinski definition) is 0. The topological polar surface area (TPSA) is 0 Å². The Labute approximate surface area is 65.0 Å². The Morgan fingerprint density at radius 1 is 1.30 bits per heavy atom. The van der Waals surface area contributed by atoms with Crippen molar-refractivity contribution in [1.29, 1.82) is 0 Å². The van der Waals surface area contributed by atoms with Crippen molar-refractivity contribution in [2.45, 2.75) is 46.5 Å². The van der Waals surface area contributed by atoms with Crippen LogP contribution in [0.2, 0.25) is 0 Å². The molecule has 1 aliphatic carbocycles. The molecule has 10 heavy (non-hydrogen) atoms. The maximum absolute atomic E-state index is 2.43. The molecule has 1 aliphatic rings. The summed E-state index contributed by atoms with van der Waals surface area (Å²) in [6.07, 6.45) is 5.81. The summed E-state index contributed by atoms with van der Waals surface area (Å²) < 4.78 is 0. The van der Waals surface area contributed by atoms with E-state index in [1.165, 1.54) is 25.7 Å². The van der Waals surface area contributed by atoms with Crippen LogP contribution in [0.3, 0.4) is 0 Å². The lowest BCUT2D eigenvalue weighted by atomic mass is 9.88. The van der Waals surface area contributed by atoms with E-state index in [4.69, 9.17) is 0 Å². The van der Waals surface area contributed by atoms with E-state index < -0.39 is 0 Å². The molecule has 1 fully saturated rings. The summed E-state index contributed by atoms with van der Waals surface area (Å²) in [6.45, 7) is 7.13. The van der Waals surface area contributed by atoms with Crippen molar-refractivity contribution in [3.05, 3.63) is 0 Å². The molecule has 1 rings (SSSR count). The van der Waals surface area contributed by atoms with Gasteiger partial charge in [-0.2, -0.15) is 0 Å². The van der Waals surface area contributed by atoms with Crippen molar-refractivity contribution in [3.8, 4) is 0 Å². The average Bonchev–Trinajstić information content (AvgIpc) is 2.68. The van der Waals surface area contributed by atoms with Crippen molar-refractivity contribution >= 4 is 0 Å². The SMILES string of the molecule is CCCC(C)C(C)C1CC1. The minimum Gasteiger partial charge on any atom is -0.0654 e. The Kier molecular flexibility index (Phi) is 2.76. The van der Waals surface area contributed by atoms with Gasteiger partial charge in [0, 0.05) is 0 Å². The quantitative estimate of drug-likeness (QED) is 0.561. The largest absolute Gasteiger partial charge is 0.0654 e. The molecule has 2 unspecified atom stereocenters. The fourth-order valence-electron chi connectivity index (χ4n) is 1.80. The van der Waals surface area contributed by atoms with Gasteiger partial charge in [-0.1, -0.05) is 33.6 Å². The lowest BCUT2D eigenvalue weighted by molar-refractivity contribution is 0.325. The summed E-state index contributed by atoms with van der Waals surface area (Å²) in [5.74, 6) is 3.07. The first-order chi connectivity index (χ1) is 4.75. The Morgan fingerprint density at radius 3 is 2.30 bits per heavy atom. The molecule has 0 aliphatic heterocycles. The predicted octanol–water partition coefficient (Wildman–Crippen LogP) is 3.47. The molecule has 0 aromatic carbocycles. The molecule has 0 aromatic heterocycles. The zero-order valence-electron chi connectivity index (χ0n) is 7.56. The summed E-state index contributed by atoms with van der Waals surface area (Å²) in [5, 5.41) is 0. The molecular formula is C10H20. The molecule has 60 valence electrons. The van der Waals surface area contributed by atoms with Gasteiger partial charge >= 0.3 is 0 Å². The summed E-state index contributed by atoms with van der Waals surface area (Å²) in [5.41, 5.74) is 0. The second-order valence-corrected chi connectivity index (χ2v) is 3.96. The first-order valence-electron chi connectivity index (χ1n) is 4.75. The summed E-state index contributed by atoms with van der Waals surface area (Å²) >= 11 is 0. The fraction of sp³-hybridized carbons (Fsp3) is 1.00. The maximum Gasteiger partial charge on any atom is -0.0386 e.